The molecule has 0 aromatic heterocycles. The normalized spacial score (nSPS) is 17.1. The first kappa shape index (κ1) is 12.8. The van der Waals surface area contributed by atoms with E-state index in [0.717, 1.165) is 13.1 Å². The molecule has 5 heteroatoms. The molecule has 0 saturated carbocycles. The van der Waals surface area contributed by atoms with Gasteiger partial charge in [-0.25, -0.2) is 0 Å². The number of carbonyl (C=O) groups excluding carboxylic acids is 1. The minimum atomic E-state index is 0.0218. The number of halogens is 2. The van der Waals surface area contributed by atoms with Gasteiger partial charge < -0.3 is 4.74 Å². The number of hydrogen-bond acceptors (Lipinski definition) is 3. The zero-order valence-electron chi connectivity index (χ0n) is 9.29. The first-order chi connectivity index (χ1) is 8.16. The van der Waals surface area contributed by atoms with E-state index in [1.807, 2.05) is 0 Å². The lowest BCUT2D eigenvalue weighted by Gasteiger charge is -2.25. The van der Waals surface area contributed by atoms with Gasteiger partial charge in [0.15, 0.2) is 5.78 Å². The van der Waals surface area contributed by atoms with Crippen LogP contribution in [0.25, 0.3) is 0 Å². The summed E-state index contributed by atoms with van der Waals surface area (Å²) in [5, 5.41) is 0.952. The lowest BCUT2D eigenvalue weighted by atomic mass is 10.1. The van der Waals surface area contributed by atoms with Crippen molar-refractivity contribution >= 4 is 29.0 Å². The number of ketones is 1. The van der Waals surface area contributed by atoms with Crippen molar-refractivity contribution in [3.8, 4) is 0 Å². The summed E-state index contributed by atoms with van der Waals surface area (Å²) in [4.78, 5) is 14.1. The summed E-state index contributed by atoms with van der Waals surface area (Å²) in [7, 11) is 0. The smallest absolute Gasteiger partial charge is 0.178 e. The molecule has 0 amide bonds. The van der Waals surface area contributed by atoms with E-state index in [4.69, 9.17) is 27.9 Å². The van der Waals surface area contributed by atoms with Crippen LogP contribution in [0.4, 0.5) is 0 Å². The van der Waals surface area contributed by atoms with Gasteiger partial charge in [-0.15, -0.1) is 0 Å². The highest BCUT2D eigenvalue weighted by molar-refractivity contribution is 6.36. The molecule has 1 aliphatic rings. The Morgan fingerprint density at radius 1 is 1.29 bits per heavy atom. The van der Waals surface area contributed by atoms with Gasteiger partial charge in [-0.2, -0.15) is 0 Å². The van der Waals surface area contributed by atoms with Gasteiger partial charge in [0.05, 0.1) is 24.8 Å². The molecule has 3 nitrogen and oxygen atoms in total. The van der Waals surface area contributed by atoms with Crippen LogP contribution in [-0.2, 0) is 4.74 Å². The third kappa shape index (κ3) is 3.42. The monoisotopic (exact) mass is 273 g/mol. The average Bonchev–Trinajstić information content (AvgIpc) is 2.30. The van der Waals surface area contributed by atoms with Gasteiger partial charge in [-0.3, -0.25) is 9.69 Å². The van der Waals surface area contributed by atoms with Crippen LogP contribution in [0.2, 0.25) is 10.0 Å². The van der Waals surface area contributed by atoms with Crippen molar-refractivity contribution in [2.45, 2.75) is 0 Å². The van der Waals surface area contributed by atoms with Crippen LogP contribution >= 0.6 is 23.2 Å². The standard InChI is InChI=1S/C12H13Cl2NO2/c13-9-1-2-10(11(14)7-9)12(16)8-15-3-5-17-6-4-15/h1-2,7H,3-6,8H2. The first-order valence-electron chi connectivity index (χ1n) is 5.45. The Morgan fingerprint density at radius 2 is 2.00 bits per heavy atom. The molecule has 1 aliphatic heterocycles. The van der Waals surface area contributed by atoms with Gasteiger partial charge in [-0.05, 0) is 18.2 Å². The number of nitrogens with zero attached hydrogens (tertiary/aromatic N) is 1. The minimum absolute atomic E-state index is 0.0218. The SMILES string of the molecule is O=C(CN1CCOCC1)c1ccc(Cl)cc1Cl. The van der Waals surface area contributed by atoms with E-state index in [0.29, 0.717) is 35.4 Å². The van der Waals surface area contributed by atoms with Crippen molar-refractivity contribution in [1.82, 2.24) is 4.90 Å². The minimum Gasteiger partial charge on any atom is -0.379 e. The molecule has 0 bridgehead atoms. The highest BCUT2D eigenvalue weighted by atomic mass is 35.5. The van der Waals surface area contributed by atoms with E-state index in [-0.39, 0.29) is 5.78 Å². The van der Waals surface area contributed by atoms with E-state index < -0.39 is 0 Å². The molecule has 92 valence electrons. The van der Waals surface area contributed by atoms with E-state index in [1.165, 1.54) is 0 Å². The Balaban J connectivity index is 2.03. The lowest BCUT2D eigenvalue weighted by molar-refractivity contribution is 0.0371. The number of morpholine rings is 1. The van der Waals surface area contributed by atoms with Crippen LogP contribution in [0.15, 0.2) is 18.2 Å². The predicted molar refractivity (Wildman–Crippen MR) is 68.1 cm³/mol. The molecular formula is C12H13Cl2NO2. The van der Waals surface area contributed by atoms with Crippen molar-refractivity contribution in [3.05, 3.63) is 33.8 Å². The maximum atomic E-state index is 12.0. The number of ether oxygens (including phenoxy) is 1. The molecule has 0 unspecified atom stereocenters. The van der Waals surface area contributed by atoms with E-state index >= 15 is 0 Å². The number of benzene rings is 1. The molecule has 1 aromatic carbocycles. The molecule has 1 fully saturated rings. The van der Waals surface area contributed by atoms with Crippen molar-refractivity contribution in [2.24, 2.45) is 0 Å². The van der Waals surface area contributed by atoms with Crippen molar-refractivity contribution < 1.29 is 9.53 Å². The topological polar surface area (TPSA) is 29.5 Å². The average molecular weight is 274 g/mol. The molecule has 1 aromatic rings. The molecular weight excluding hydrogens is 261 g/mol. The van der Waals surface area contributed by atoms with E-state index in [2.05, 4.69) is 4.90 Å². The number of carbonyl (C=O) groups is 1. The van der Waals surface area contributed by atoms with Gasteiger partial charge >= 0.3 is 0 Å². The molecule has 0 spiro atoms. The Labute approximate surface area is 110 Å². The fourth-order valence-corrected chi connectivity index (χ4v) is 2.28. The Morgan fingerprint density at radius 3 is 2.65 bits per heavy atom. The fourth-order valence-electron chi connectivity index (χ4n) is 1.76. The quantitative estimate of drug-likeness (QED) is 0.793. The second-order valence-corrected chi connectivity index (χ2v) is 4.78. The second-order valence-electron chi connectivity index (χ2n) is 3.94. The van der Waals surface area contributed by atoms with E-state index in [9.17, 15) is 4.79 Å². The van der Waals surface area contributed by atoms with Gasteiger partial charge in [0.25, 0.3) is 0 Å². The molecule has 0 aliphatic carbocycles. The van der Waals surface area contributed by atoms with Crippen molar-refractivity contribution in [1.29, 1.82) is 0 Å². The summed E-state index contributed by atoms with van der Waals surface area (Å²) < 4.78 is 5.23. The first-order valence-corrected chi connectivity index (χ1v) is 6.21. The largest absolute Gasteiger partial charge is 0.379 e. The predicted octanol–water partition coefficient (Wildman–Crippen LogP) is 2.51. The fraction of sp³-hybridized carbons (Fsp3) is 0.417. The molecule has 2 rings (SSSR count). The Hall–Kier alpha value is -0.610. The van der Waals surface area contributed by atoms with Crippen LogP contribution in [0.1, 0.15) is 10.4 Å². The second kappa shape index (κ2) is 5.83. The summed E-state index contributed by atoms with van der Waals surface area (Å²) in [5.74, 6) is 0.0218. The molecule has 0 N–H and O–H groups in total. The van der Waals surface area contributed by atoms with Gasteiger partial charge in [-0.1, -0.05) is 23.2 Å². The van der Waals surface area contributed by atoms with Crippen LogP contribution < -0.4 is 0 Å². The number of rotatable bonds is 3. The van der Waals surface area contributed by atoms with Gasteiger partial charge in [0.1, 0.15) is 0 Å². The van der Waals surface area contributed by atoms with Crippen molar-refractivity contribution in [2.75, 3.05) is 32.8 Å². The molecule has 17 heavy (non-hydrogen) atoms. The number of Topliss-reactive ketones (excluding diaryl/α,β-unsaturated/α-hetero) is 1. The Bertz CT molecular complexity index is 417. The summed E-state index contributed by atoms with van der Waals surface area (Å²) >= 11 is 11.8. The van der Waals surface area contributed by atoms with Crippen molar-refractivity contribution in [3.63, 3.8) is 0 Å². The molecule has 1 heterocycles. The summed E-state index contributed by atoms with van der Waals surface area (Å²) in [6.45, 7) is 3.32. The highest BCUT2D eigenvalue weighted by Crippen LogP contribution is 2.21. The zero-order valence-corrected chi connectivity index (χ0v) is 10.8. The maximum absolute atomic E-state index is 12.0. The number of hydrogen-bond donors (Lipinski definition) is 0. The van der Waals surface area contributed by atoms with Gasteiger partial charge in [0, 0.05) is 23.7 Å². The third-order valence-electron chi connectivity index (χ3n) is 2.70. The molecule has 0 radical (unpaired) electrons. The van der Waals surface area contributed by atoms with Crippen LogP contribution in [-0.4, -0.2) is 43.5 Å². The van der Waals surface area contributed by atoms with E-state index in [1.54, 1.807) is 18.2 Å². The third-order valence-corrected chi connectivity index (χ3v) is 3.25. The van der Waals surface area contributed by atoms with Crippen LogP contribution in [0, 0.1) is 0 Å². The van der Waals surface area contributed by atoms with Gasteiger partial charge in [0.2, 0.25) is 0 Å². The summed E-state index contributed by atoms with van der Waals surface area (Å²) in [6.07, 6.45) is 0. The summed E-state index contributed by atoms with van der Waals surface area (Å²) in [6, 6.07) is 4.95. The van der Waals surface area contributed by atoms with Crippen LogP contribution in [0.3, 0.4) is 0 Å². The Kier molecular flexibility index (Phi) is 4.40. The highest BCUT2D eigenvalue weighted by Gasteiger charge is 2.17. The lowest BCUT2D eigenvalue weighted by Crippen LogP contribution is -2.39. The van der Waals surface area contributed by atoms with Crippen LogP contribution in [0.5, 0.6) is 0 Å². The maximum Gasteiger partial charge on any atom is 0.178 e. The molecule has 0 atom stereocenters. The summed E-state index contributed by atoms with van der Waals surface area (Å²) in [5.41, 5.74) is 0.530. The zero-order chi connectivity index (χ0) is 12.3. The molecule has 1 saturated heterocycles.